The summed E-state index contributed by atoms with van der Waals surface area (Å²) in [6.45, 7) is 23.2. The smallest absolute Gasteiger partial charge is 0.321 e. The third-order valence-electron chi connectivity index (χ3n) is 8.38. The monoisotopic (exact) mass is 650 g/mol. The molecule has 0 aromatic heterocycles. The van der Waals surface area contributed by atoms with E-state index in [9.17, 15) is 0 Å². The molecule has 0 aromatic carbocycles. The average molecular weight is 651 g/mol. The Bertz CT molecular complexity index is 729. The van der Waals surface area contributed by atoms with Crippen molar-refractivity contribution in [2.24, 2.45) is 5.92 Å². The Morgan fingerprint density at radius 2 is 1.17 bits per heavy atom. The summed E-state index contributed by atoms with van der Waals surface area (Å²) < 4.78 is 45.6. The quantitative estimate of drug-likeness (QED) is 0.0835. The van der Waals surface area contributed by atoms with Gasteiger partial charge < -0.3 is 36.3 Å². The standard InChI is InChI=1S/C16H34O5Si2.C13H28O3Si2/c1-22(2,9-5-7-17-11-15-13-19-15)21-23(3,4)10-6-8-18-12-16-14-20-16;1-14-18(4,5)16-17(2,3)9-8-11-6-7-12-13(10-11)15-12/h15-16H,5-14H2,1-4H3;11-13H,6-10H2,1-5H3. The zero-order valence-electron chi connectivity index (χ0n) is 27.8. The second-order valence-electron chi connectivity index (χ2n) is 14.8. The molecule has 8 nitrogen and oxygen atoms in total. The van der Waals surface area contributed by atoms with Crippen molar-refractivity contribution in [3.05, 3.63) is 0 Å². The van der Waals surface area contributed by atoms with E-state index in [2.05, 4.69) is 52.4 Å². The summed E-state index contributed by atoms with van der Waals surface area (Å²) in [5, 5.41) is 0. The molecule has 12 heteroatoms. The number of rotatable bonds is 20. The highest BCUT2D eigenvalue weighted by Gasteiger charge is 2.44. The molecule has 0 bridgehead atoms. The van der Waals surface area contributed by atoms with Crippen LogP contribution in [-0.2, 0) is 36.3 Å². The molecular weight excluding hydrogens is 589 g/mol. The van der Waals surface area contributed by atoms with Gasteiger partial charge in [-0.2, -0.15) is 0 Å². The third-order valence-corrected chi connectivity index (χ3v) is 22.6. The van der Waals surface area contributed by atoms with Crippen molar-refractivity contribution < 1.29 is 36.3 Å². The topological polar surface area (TPSA) is 83.7 Å². The third kappa shape index (κ3) is 16.4. The Morgan fingerprint density at radius 3 is 1.63 bits per heavy atom. The highest BCUT2D eigenvalue weighted by atomic mass is 28.4. The zero-order valence-corrected chi connectivity index (χ0v) is 31.8. The molecule has 0 aromatic rings. The van der Waals surface area contributed by atoms with Gasteiger partial charge in [-0.05, 0) is 109 Å². The van der Waals surface area contributed by atoms with Crippen LogP contribution in [0.1, 0.15) is 38.5 Å². The fourth-order valence-electron chi connectivity index (χ4n) is 5.87. The molecule has 5 unspecified atom stereocenters. The Morgan fingerprint density at radius 1 is 0.659 bits per heavy atom. The molecule has 4 fully saturated rings. The molecule has 3 heterocycles. The maximum Gasteiger partial charge on any atom is 0.321 e. The number of hydrogen-bond acceptors (Lipinski definition) is 8. The van der Waals surface area contributed by atoms with E-state index in [1.54, 1.807) is 7.11 Å². The largest absolute Gasteiger partial charge is 0.455 e. The van der Waals surface area contributed by atoms with Gasteiger partial charge in [-0.3, -0.25) is 0 Å². The Labute approximate surface area is 255 Å². The van der Waals surface area contributed by atoms with Crippen LogP contribution in [0.2, 0.25) is 70.5 Å². The molecule has 41 heavy (non-hydrogen) atoms. The summed E-state index contributed by atoms with van der Waals surface area (Å²) in [4.78, 5) is 0. The second-order valence-corrected chi connectivity index (χ2v) is 31.7. The van der Waals surface area contributed by atoms with Gasteiger partial charge in [0.2, 0.25) is 0 Å². The van der Waals surface area contributed by atoms with Crippen LogP contribution in [-0.4, -0.2) is 105 Å². The Balaban J connectivity index is 0.000000232. The zero-order chi connectivity index (χ0) is 30.2. The molecular formula is C29H62O8Si4. The molecule has 3 aliphatic heterocycles. The van der Waals surface area contributed by atoms with Crippen LogP contribution in [0.3, 0.4) is 0 Å². The van der Waals surface area contributed by atoms with Crippen molar-refractivity contribution in [1.82, 2.24) is 0 Å². The average Bonchev–Trinajstić information content (AvgIpc) is 3.71. The van der Waals surface area contributed by atoms with Gasteiger partial charge in [0.15, 0.2) is 25.0 Å². The van der Waals surface area contributed by atoms with Crippen molar-refractivity contribution in [1.29, 1.82) is 0 Å². The minimum atomic E-state index is -1.87. The summed E-state index contributed by atoms with van der Waals surface area (Å²) in [5.41, 5.74) is 0. The lowest BCUT2D eigenvalue weighted by molar-refractivity contribution is 0.116. The highest BCUT2D eigenvalue weighted by molar-refractivity contribution is 6.85. The lowest BCUT2D eigenvalue weighted by atomic mass is 9.88. The van der Waals surface area contributed by atoms with Crippen LogP contribution < -0.4 is 0 Å². The van der Waals surface area contributed by atoms with Gasteiger partial charge in [0.1, 0.15) is 12.2 Å². The molecule has 4 aliphatic rings. The summed E-state index contributed by atoms with van der Waals surface area (Å²) in [6, 6.07) is 3.60. The van der Waals surface area contributed by atoms with Crippen LogP contribution in [0.25, 0.3) is 0 Å². The van der Waals surface area contributed by atoms with Gasteiger partial charge in [-0.25, -0.2) is 0 Å². The van der Waals surface area contributed by atoms with Crippen molar-refractivity contribution >= 4 is 33.5 Å². The number of fused-ring (bicyclic) bond motifs is 1. The van der Waals surface area contributed by atoms with Gasteiger partial charge in [0.25, 0.3) is 0 Å². The molecule has 1 aliphatic carbocycles. The molecule has 0 amide bonds. The van der Waals surface area contributed by atoms with Gasteiger partial charge in [-0.1, -0.05) is 6.42 Å². The van der Waals surface area contributed by atoms with E-state index in [-0.39, 0.29) is 0 Å². The number of ether oxygens (including phenoxy) is 5. The van der Waals surface area contributed by atoms with E-state index in [0.717, 1.165) is 58.4 Å². The van der Waals surface area contributed by atoms with Crippen LogP contribution in [0.15, 0.2) is 0 Å². The first-order chi connectivity index (χ1) is 19.2. The minimum absolute atomic E-state index is 0.372. The second kappa shape index (κ2) is 16.2. The lowest BCUT2D eigenvalue weighted by Crippen LogP contribution is -2.46. The van der Waals surface area contributed by atoms with Crippen molar-refractivity contribution in [2.75, 3.05) is 46.8 Å². The summed E-state index contributed by atoms with van der Waals surface area (Å²) in [6.07, 6.45) is 9.44. The van der Waals surface area contributed by atoms with Gasteiger partial charge >= 0.3 is 8.56 Å². The minimum Gasteiger partial charge on any atom is -0.455 e. The predicted octanol–water partition coefficient (Wildman–Crippen LogP) is 6.54. The lowest BCUT2D eigenvalue weighted by Gasteiger charge is -2.34. The molecule has 0 N–H and O–H groups in total. The van der Waals surface area contributed by atoms with Gasteiger partial charge in [-0.15, -0.1) is 0 Å². The van der Waals surface area contributed by atoms with Crippen molar-refractivity contribution in [3.8, 4) is 0 Å². The van der Waals surface area contributed by atoms with Gasteiger partial charge in [0.05, 0.1) is 38.6 Å². The number of hydrogen-bond donors (Lipinski definition) is 0. The summed E-state index contributed by atoms with van der Waals surface area (Å²) in [5.74, 6) is 0.872. The predicted molar refractivity (Wildman–Crippen MR) is 174 cm³/mol. The van der Waals surface area contributed by atoms with E-state index in [4.69, 9.17) is 36.3 Å². The molecule has 242 valence electrons. The normalized spacial score (nSPS) is 27.6. The maximum absolute atomic E-state index is 6.62. The highest BCUT2D eigenvalue weighted by Crippen LogP contribution is 2.41. The van der Waals surface area contributed by atoms with Crippen LogP contribution in [0, 0.1) is 5.92 Å². The fourth-order valence-corrected chi connectivity index (χ4v) is 21.8. The SMILES string of the molecule is CO[Si](C)(C)O[Si](C)(C)CCC1CCC2OC2C1.C[Si](C)(CCCOCC1CO1)O[Si](C)(C)CCCOCC1CO1. The maximum atomic E-state index is 6.62. The summed E-state index contributed by atoms with van der Waals surface area (Å²) in [7, 11) is -4.82. The van der Waals surface area contributed by atoms with Crippen LogP contribution in [0.4, 0.5) is 0 Å². The Hall–Kier alpha value is 0.548. The van der Waals surface area contributed by atoms with E-state index in [1.165, 1.54) is 43.8 Å². The molecule has 0 spiro atoms. The first kappa shape index (κ1) is 36.0. The fraction of sp³-hybridized carbons (Fsp3) is 1.00. The number of epoxide rings is 3. The van der Waals surface area contributed by atoms with E-state index in [0.29, 0.717) is 24.4 Å². The molecule has 4 rings (SSSR count). The molecule has 1 saturated carbocycles. The summed E-state index contributed by atoms with van der Waals surface area (Å²) >= 11 is 0. The van der Waals surface area contributed by atoms with E-state index < -0.39 is 33.5 Å². The van der Waals surface area contributed by atoms with Gasteiger partial charge in [0, 0.05) is 20.3 Å². The molecule has 0 radical (unpaired) electrons. The molecule has 5 atom stereocenters. The Kier molecular flexibility index (Phi) is 14.2. The van der Waals surface area contributed by atoms with E-state index in [1.807, 2.05) is 0 Å². The first-order valence-electron chi connectivity index (χ1n) is 16.2. The van der Waals surface area contributed by atoms with Crippen molar-refractivity contribution in [3.63, 3.8) is 0 Å². The van der Waals surface area contributed by atoms with E-state index >= 15 is 0 Å². The van der Waals surface area contributed by atoms with Crippen molar-refractivity contribution in [2.45, 2.75) is 133 Å². The van der Waals surface area contributed by atoms with Crippen LogP contribution >= 0.6 is 0 Å². The first-order valence-corrected chi connectivity index (χ1v) is 28.3. The molecule has 3 saturated heterocycles. The van der Waals surface area contributed by atoms with Crippen LogP contribution in [0.5, 0.6) is 0 Å².